The van der Waals surface area contributed by atoms with Crippen LogP contribution in [-0.4, -0.2) is 24.0 Å². The molecule has 1 fully saturated rings. The van der Waals surface area contributed by atoms with Crippen LogP contribution in [0.1, 0.15) is 44.2 Å². The lowest BCUT2D eigenvalue weighted by molar-refractivity contribution is 0.182. The van der Waals surface area contributed by atoms with Crippen LogP contribution in [0, 0.1) is 5.82 Å². The van der Waals surface area contributed by atoms with Gasteiger partial charge in [-0.15, -0.1) is 0 Å². The zero-order valence-corrected chi connectivity index (χ0v) is 12.2. The van der Waals surface area contributed by atoms with Crippen molar-refractivity contribution in [1.82, 2.24) is 4.90 Å². The second-order valence-electron chi connectivity index (χ2n) is 5.28. The summed E-state index contributed by atoms with van der Waals surface area (Å²) in [5, 5.41) is 0.489. The molecule has 0 aromatic heterocycles. The van der Waals surface area contributed by atoms with E-state index in [-0.39, 0.29) is 17.9 Å². The molecule has 1 aromatic rings. The molecule has 0 radical (unpaired) electrons. The summed E-state index contributed by atoms with van der Waals surface area (Å²) in [4.78, 5) is 2.29. The molecular formula is C15H22ClFN2. The number of halogens is 2. The van der Waals surface area contributed by atoms with Crippen molar-refractivity contribution in [1.29, 1.82) is 0 Å². The fraction of sp³-hybridized carbons (Fsp3) is 0.600. The molecule has 4 heteroatoms. The van der Waals surface area contributed by atoms with E-state index in [2.05, 4.69) is 11.8 Å². The lowest BCUT2D eigenvalue weighted by atomic mass is 9.95. The van der Waals surface area contributed by atoms with Gasteiger partial charge in [0, 0.05) is 16.6 Å². The number of benzene rings is 1. The summed E-state index contributed by atoms with van der Waals surface area (Å²) < 4.78 is 14.2. The summed E-state index contributed by atoms with van der Waals surface area (Å²) in [5.74, 6) is -0.240. The standard InChI is InChI=1S/C15H22ClFN2/c1-2-9-19-10-4-3-8-13(18)15(19)14-11(16)6-5-7-12(14)17/h5-7,13,15H,2-4,8-10,18H2,1H3. The largest absolute Gasteiger partial charge is 0.326 e. The smallest absolute Gasteiger partial charge is 0.129 e. The molecular weight excluding hydrogens is 263 g/mol. The Kier molecular flexibility index (Phi) is 5.20. The molecule has 0 bridgehead atoms. The van der Waals surface area contributed by atoms with Gasteiger partial charge in [-0.2, -0.15) is 0 Å². The Balaban J connectivity index is 2.40. The van der Waals surface area contributed by atoms with Gasteiger partial charge in [0.15, 0.2) is 0 Å². The number of likely N-dealkylation sites (tertiary alicyclic amines) is 1. The highest BCUT2D eigenvalue weighted by molar-refractivity contribution is 6.31. The first-order valence-electron chi connectivity index (χ1n) is 7.08. The zero-order chi connectivity index (χ0) is 13.8. The predicted molar refractivity (Wildman–Crippen MR) is 77.8 cm³/mol. The normalized spacial score (nSPS) is 25.3. The fourth-order valence-electron chi connectivity index (χ4n) is 2.99. The van der Waals surface area contributed by atoms with Gasteiger partial charge in [0.1, 0.15) is 5.82 Å². The van der Waals surface area contributed by atoms with Crippen LogP contribution in [0.3, 0.4) is 0 Å². The van der Waals surface area contributed by atoms with Crippen LogP contribution >= 0.6 is 11.6 Å². The van der Waals surface area contributed by atoms with E-state index in [1.54, 1.807) is 12.1 Å². The third-order valence-electron chi connectivity index (χ3n) is 3.84. The van der Waals surface area contributed by atoms with Crippen molar-refractivity contribution >= 4 is 11.6 Å². The zero-order valence-electron chi connectivity index (χ0n) is 11.4. The van der Waals surface area contributed by atoms with Crippen molar-refractivity contribution in [3.05, 3.63) is 34.6 Å². The van der Waals surface area contributed by atoms with Crippen LogP contribution in [0.15, 0.2) is 18.2 Å². The van der Waals surface area contributed by atoms with E-state index in [0.29, 0.717) is 10.6 Å². The average molecular weight is 285 g/mol. The minimum atomic E-state index is -0.240. The fourth-order valence-corrected chi connectivity index (χ4v) is 3.27. The summed E-state index contributed by atoms with van der Waals surface area (Å²) in [6.45, 7) is 4.04. The minimum absolute atomic E-state index is 0.0524. The average Bonchev–Trinajstić information content (AvgIpc) is 2.54. The van der Waals surface area contributed by atoms with Crippen molar-refractivity contribution in [2.45, 2.75) is 44.7 Å². The molecule has 1 saturated heterocycles. The number of rotatable bonds is 3. The van der Waals surface area contributed by atoms with Crippen molar-refractivity contribution in [2.24, 2.45) is 5.73 Å². The SMILES string of the molecule is CCCN1CCCCC(N)C1c1c(F)cccc1Cl. The highest BCUT2D eigenvalue weighted by Gasteiger charge is 2.31. The van der Waals surface area contributed by atoms with Crippen LogP contribution in [0.25, 0.3) is 0 Å². The highest BCUT2D eigenvalue weighted by Crippen LogP contribution is 2.35. The first kappa shape index (κ1) is 14.8. The second-order valence-corrected chi connectivity index (χ2v) is 5.68. The van der Waals surface area contributed by atoms with Crippen LogP contribution in [0.5, 0.6) is 0 Å². The molecule has 106 valence electrons. The molecule has 0 saturated carbocycles. The first-order valence-corrected chi connectivity index (χ1v) is 7.46. The summed E-state index contributed by atoms with van der Waals surface area (Å²) in [5.41, 5.74) is 6.88. The van der Waals surface area contributed by atoms with Crippen LogP contribution in [0.2, 0.25) is 5.02 Å². The van der Waals surface area contributed by atoms with Gasteiger partial charge in [-0.1, -0.05) is 31.0 Å². The number of hydrogen-bond acceptors (Lipinski definition) is 2. The molecule has 1 heterocycles. The molecule has 0 spiro atoms. The number of nitrogens with two attached hydrogens (primary N) is 1. The van der Waals surface area contributed by atoms with E-state index >= 15 is 0 Å². The maximum Gasteiger partial charge on any atom is 0.129 e. The third-order valence-corrected chi connectivity index (χ3v) is 4.17. The van der Waals surface area contributed by atoms with Crippen molar-refractivity contribution in [3.8, 4) is 0 Å². The van der Waals surface area contributed by atoms with Gasteiger partial charge >= 0.3 is 0 Å². The Morgan fingerprint density at radius 1 is 1.42 bits per heavy atom. The Bertz CT molecular complexity index is 404. The predicted octanol–water partition coefficient (Wildman–Crippen LogP) is 3.74. The number of nitrogens with zero attached hydrogens (tertiary/aromatic N) is 1. The Labute approximate surface area is 119 Å². The molecule has 2 rings (SSSR count). The monoisotopic (exact) mass is 284 g/mol. The molecule has 2 nitrogen and oxygen atoms in total. The molecule has 0 aliphatic carbocycles. The van der Waals surface area contributed by atoms with Gasteiger partial charge in [0.2, 0.25) is 0 Å². The van der Waals surface area contributed by atoms with Gasteiger partial charge in [-0.3, -0.25) is 4.90 Å². The van der Waals surface area contributed by atoms with Gasteiger partial charge in [-0.05, 0) is 44.5 Å². The minimum Gasteiger partial charge on any atom is -0.326 e. The number of hydrogen-bond donors (Lipinski definition) is 1. The lowest BCUT2D eigenvalue weighted by Gasteiger charge is -2.34. The maximum atomic E-state index is 14.2. The van der Waals surface area contributed by atoms with Crippen LogP contribution < -0.4 is 5.73 Å². The first-order chi connectivity index (χ1) is 9.15. The van der Waals surface area contributed by atoms with E-state index in [1.165, 1.54) is 6.07 Å². The lowest BCUT2D eigenvalue weighted by Crippen LogP contribution is -2.40. The Morgan fingerprint density at radius 2 is 2.21 bits per heavy atom. The quantitative estimate of drug-likeness (QED) is 0.916. The van der Waals surface area contributed by atoms with E-state index in [1.807, 2.05) is 0 Å². The summed E-state index contributed by atoms with van der Waals surface area (Å²) >= 11 is 6.22. The molecule has 2 N–H and O–H groups in total. The molecule has 0 amide bonds. The molecule has 2 atom stereocenters. The van der Waals surface area contributed by atoms with E-state index in [4.69, 9.17) is 17.3 Å². The van der Waals surface area contributed by atoms with Crippen molar-refractivity contribution < 1.29 is 4.39 Å². The van der Waals surface area contributed by atoms with Crippen LogP contribution in [-0.2, 0) is 0 Å². The van der Waals surface area contributed by atoms with E-state index in [0.717, 1.165) is 38.8 Å². The highest BCUT2D eigenvalue weighted by atomic mass is 35.5. The van der Waals surface area contributed by atoms with E-state index < -0.39 is 0 Å². The van der Waals surface area contributed by atoms with Gasteiger partial charge in [0.25, 0.3) is 0 Å². The topological polar surface area (TPSA) is 29.3 Å². The summed E-state index contributed by atoms with van der Waals surface area (Å²) in [6, 6.07) is 4.72. The Hall–Kier alpha value is -0.640. The van der Waals surface area contributed by atoms with Crippen molar-refractivity contribution in [2.75, 3.05) is 13.1 Å². The molecule has 19 heavy (non-hydrogen) atoms. The maximum absolute atomic E-state index is 14.2. The second kappa shape index (κ2) is 6.69. The van der Waals surface area contributed by atoms with Crippen LogP contribution in [0.4, 0.5) is 4.39 Å². The molecule has 1 aliphatic rings. The molecule has 1 aliphatic heterocycles. The third kappa shape index (κ3) is 3.28. The summed E-state index contributed by atoms with van der Waals surface area (Å²) in [7, 11) is 0. The van der Waals surface area contributed by atoms with Gasteiger partial charge in [0.05, 0.1) is 6.04 Å². The van der Waals surface area contributed by atoms with Gasteiger partial charge < -0.3 is 5.73 Å². The molecule has 1 aromatic carbocycles. The Morgan fingerprint density at radius 3 is 2.89 bits per heavy atom. The van der Waals surface area contributed by atoms with E-state index in [9.17, 15) is 4.39 Å². The molecule has 2 unspecified atom stereocenters. The summed E-state index contributed by atoms with van der Waals surface area (Å²) in [6.07, 6.45) is 4.19. The van der Waals surface area contributed by atoms with Gasteiger partial charge in [-0.25, -0.2) is 4.39 Å². The van der Waals surface area contributed by atoms with Crippen molar-refractivity contribution in [3.63, 3.8) is 0 Å².